The number of pyridine rings is 1. The molecular weight excluding hydrogens is 200 g/mol. The highest BCUT2D eigenvalue weighted by atomic mass is 16.1. The molecule has 0 bridgehead atoms. The molecule has 80 valence electrons. The van der Waals surface area contributed by atoms with Gasteiger partial charge in [0.2, 0.25) is 0 Å². The van der Waals surface area contributed by atoms with Crippen LogP contribution in [0.2, 0.25) is 0 Å². The van der Waals surface area contributed by atoms with Crippen LogP contribution in [0.5, 0.6) is 0 Å². The minimum atomic E-state index is -0.309. The first-order valence-corrected chi connectivity index (χ1v) is 5.23. The van der Waals surface area contributed by atoms with Crippen LogP contribution in [-0.2, 0) is 6.42 Å². The van der Waals surface area contributed by atoms with E-state index in [4.69, 9.17) is 5.26 Å². The van der Waals surface area contributed by atoms with E-state index in [2.05, 4.69) is 11.9 Å². The third-order valence-corrected chi connectivity index (χ3v) is 2.86. The van der Waals surface area contributed by atoms with Crippen molar-refractivity contribution >= 4 is 10.9 Å². The van der Waals surface area contributed by atoms with Gasteiger partial charge in [-0.05, 0) is 36.6 Å². The lowest BCUT2D eigenvalue weighted by molar-refractivity contribution is 1.14. The van der Waals surface area contributed by atoms with E-state index in [0.717, 1.165) is 22.9 Å². The van der Waals surface area contributed by atoms with Crippen molar-refractivity contribution in [2.24, 2.45) is 0 Å². The molecule has 3 nitrogen and oxygen atoms in total. The largest absolute Gasteiger partial charge is 0.321 e. The number of benzene rings is 1. The van der Waals surface area contributed by atoms with Crippen LogP contribution in [-0.4, -0.2) is 4.98 Å². The maximum atomic E-state index is 11.6. The van der Waals surface area contributed by atoms with Crippen LogP contribution in [0, 0.1) is 18.3 Å². The average Bonchev–Trinajstić information content (AvgIpc) is 2.29. The number of fused-ring (bicyclic) bond motifs is 1. The molecule has 0 atom stereocenters. The fourth-order valence-electron chi connectivity index (χ4n) is 1.85. The Labute approximate surface area is 93.3 Å². The number of hydrogen-bond acceptors (Lipinski definition) is 2. The zero-order valence-corrected chi connectivity index (χ0v) is 9.29. The molecule has 16 heavy (non-hydrogen) atoms. The molecule has 0 unspecified atom stereocenters. The zero-order chi connectivity index (χ0) is 11.7. The van der Waals surface area contributed by atoms with Crippen molar-refractivity contribution in [3.05, 3.63) is 45.2 Å². The van der Waals surface area contributed by atoms with E-state index in [-0.39, 0.29) is 11.1 Å². The Morgan fingerprint density at radius 2 is 2.19 bits per heavy atom. The minimum absolute atomic E-state index is 0.209. The third kappa shape index (κ3) is 1.49. The van der Waals surface area contributed by atoms with Crippen LogP contribution in [0.15, 0.2) is 23.0 Å². The summed E-state index contributed by atoms with van der Waals surface area (Å²) in [6.07, 6.45) is 0.941. The fraction of sp³-hybridized carbons (Fsp3) is 0.231. The lowest BCUT2D eigenvalue weighted by Gasteiger charge is -2.05. The standard InChI is InChI=1S/C13H12N2O/c1-3-9-4-5-12-10(6-9)8(2)11(7-14)13(16)15-12/h4-6H,3H2,1-2H3,(H,15,16). The van der Waals surface area contributed by atoms with E-state index in [1.165, 1.54) is 5.56 Å². The third-order valence-electron chi connectivity index (χ3n) is 2.86. The van der Waals surface area contributed by atoms with E-state index in [1.807, 2.05) is 31.2 Å². The summed E-state index contributed by atoms with van der Waals surface area (Å²) in [6.45, 7) is 3.89. The van der Waals surface area contributed by atoms with Gasteiger partial charge in [-0.1, -0.05) is 13.0 Å². The van der Waals surface area contributed by atoms with Crippen molar-refractivity contribution < 1.29 is 0 Å². The second kappa shape index (κ2) is 3.82. The van der Waals surface area contributed by atoms with Crippen LogP contribution >= 0.6 is 0 Å². The molecule has 1 N–H and O–H groups in total. The number of aryl methyl sites for hydroxylation is 2. The lowest BCUT2D eigenvalue weighted by atomic mass is 10.0. The number of H-pyrrole nitrogens is 1. The number of nitrogens with one attached hydrogen (secondary N) is 1. The quantitative estimate of drug-likeness (QED) is 0.788. The number of hydrogen-bond donors (Lipinski definition) is 1. The molecule has 3 heteroatoms. The maximum absolute atomic E-state index is 11.6. The van der Waals surface area contributed by atoms with Crippen molar-refractivity contribution in [2.75, 3.05) is 0 Å². The van der Waals surface area contributed by atoms with Gasteiger partial charge in [0.1, 0.15) is 11.6 Å². The molecular formula is C13H12N2O. The van der Waals surface area contributed by atoms with Crippen molar-refractivity contribution in [1.82, 2.24) is 4.98 Å². The number of aromatic nitrogens is 1. The van der Waals surface area contributed by atoms with E-state index < -0.39 is 0 Å². The summed E-state index contributed by atoms with van der Waals surface area (Å²) < 4.78 is 0. The Kier molecular flexibility index (Phi) is 2.49. The van der Waals surface area contributed by atoms with E-state index in [9.17, 15) is 4.79 Å². The maximum Gasteiger partial charge on any atom is 0.266 e. The Balaban J connectivity index is 2.90. The van der Waals surface area contributed by atoms with E-state index >= 15 is 0 Å². The van der Waals surface area contributed by atoms with Gasteiger partial charge in [0.25, 0.3) is 5.56 Å². The van der Waals surface area contributed by atoms with Crippen molar-refractivity contribution in [3.8, 4) is 6.07 Å². The Bertz CT molecular complexity index is 647. The molecule has 2 rings (SSSR count). The first kappa shape index (κ1) is 10.4. The molecule has 0 fully saturated rings. The topological polar surface area (TPSA) is 56.6 Å². The highest BCUT2D eigenvalue weighted by molar-refractivity contribution is 5.84. The Morgan fingerprint density at radius 3 is 2.81 bits per heavy atom. The number of nitriles is 1. The summed E-state index contributed by atoms with van der Waals surface area (Å²) in [7, 11) is 0. The first-order valence-electron chi connectivity index (χ1n) is 5.23. The summed E-state index contributed by atoms with van der Waals surface area (Å²) in [5.41, 5.74) is 2.65. The smallest absolute Gasteiger partial charge is 0.266 e. The highest BCUT2D eigenvalue weighted by Gasteiger charge is 2.08. The van der Waals surface area contributed by atoms with Gasteiger partial charge in [-0.3, -0.25) is 4.79 Å². The number of aromatic amines is 1. The molecule has 0 spiro atoms. The second-order valence-corrected chi connectivity index (χ2v) is 3.80. The Morgan fingerprint density at radius 1 is 1.44 bits per heavy atom. The van der Waals surface area contributed by atoms with Crippen molar-refractivity contribution in [1.29, 1.82) is 5.26 Å². The number of rotatable bonds is 1. The highest BCUT2D eigenvalue weighted by Crippen LogP contribution is 2.18. The molecule has 0 aliphatic rings. The van der Waals surface area contributed by atoms with Gasteiger partial charge in [-0.15, -0.1) is 0 Å². The number of nitrogens with zero attached hydrogens (tertiary/aromatic N) is 1. The molecule has 0 aliphatic carbocycles. The molecule has 0 saturated heterocycles. The van der Waals surface area contributed by atoms with E-state index in [1.54, 1.807) is 0 Å². The van der Waals surface area contributed by atoms with Crippen molar-refractivity contribution in [2.45, 2.75) is 20.3 Å². The molecule has 0 saturated carbocycles. The molecule has 1 aromatic carbocycles. The summed E-state index contributed by atoms with van der Waals surface area (Å²) in [5.74, 6) is 0. The van der Waals surface area contributed by atoms with Gasteiger partial charge < -0.3 is 4.98 Å². The van der Waals surface area contributed by atoms with Crippen LogP contribution in [0.25, 0.3) is 10.9 Å². The van der Waals surface area contributed by atoms with Gasteiger partial charge >= 0.3 is 0 Å². The van der Waals surface area contributed by atoms with Gasteiger partial charge in [-0.2, -0.15) is 5.26 Å². The van der Waals surface area contributed by atoms with Gasteiger partial charge in [-0.25, -0.2) is 0 Å². The molecule has 0 radical (unpaired) electrons. The lowest BCUT2D eigenvalue weighted by Crippen LogP contribution is -2.12. The molecule has 0 amide bonds. The molecule has 0 aliphatic heterocycles. The molecule has 1 heterocycles. The van der Waals surface area contributed by atoms with Crippen LogP contribution < -0.4 is 5.56 Å². The Hall–Kier alpha value is -2.08. The average molecular weight is 212 g/mol. The van der Waals surface area contributed by atoms with Crippen LogP contribution in [0.1, 0.15) is 23.6 Å². The van der Waals surface area contributed by atoms with Crippen LogP contribution in [0.4, 0.5) is 0 Å². The summed E-state index contributed by atoms with van der Waals surface area (Å²) >= 11 is 0. The predicted octanol–water partition coefficient (Wildman–Crippen LogP) is 2.27. The first-order chi connectivity index (χ1) is 7.67. The minimum Gasteiger partial charge on any atom is -0.321 e. The van der Waals surface area contributed by atoms with Gasteiger partial charge in [0.15, 0.2) is 0 Å². The van der Waals surface area contributed by atoms with Crippen LogP contribution in [0.3, 0.4) is 0 Å². The molecule has 1 aromatic heterocycles. The fourth-order valence-corrected chi connectivity index (χ4v) is 1.85. The van der Waals surface area contributed by atoms with Gasteiger partial charge in [0, 0.05) is 10.9 Å². The van der Waals surface area contributed by atoms with Gasteiger partial charge in [0.05, 0.1) is 0 Å². The predicted molar refractivity (Wildman–Crippen MR) is 63.4 cm³/mol. The summed E-state index contributed by atoms with van der Waals surface area (Å²) in [6, 6.07) is 7.86. The summed E-state index contributed by atoms with van der Waals surface area (Å²) in [4.78, 5) is 14.3. The van der Waals surface area contributed by atoms with E-state index in [0.29, 0.717) is 0 Å². The monoisotopic (exact) mass is 212 g/mol. The SMILES string of the molecule is CCc1ccc2[nH]c(=O)c(C#N)c(C)c2c1. The van der Waals surface area contributed by atoms with Crippen molar-refractivity contribution in [3.63, 3.8) is 0 Å². The summed E-state index contributed by atoms with van der Waals surface area (Å²) in [5, 5.41) is 9.87. The second-order valence-electron chi connectivity index (χ2n) is 3.80. The normalized spacial score (nSPS) is 10.3. The molecule has 2 aromatic rings. The zero-order valence-electron chi connectivity index (χ0n) is 9.29.